The van der Waals surface area contributed by atoms with Crippen molar-refractivity contribution in [3.8, 4) is 0 Å². The van der Waals surface area contributed by atoms with E-state index in [4.69, 9.17) is 5.11 Å². The number of thiazole rings is 1. The first-order valence-electron chi connectivity index (χ1n) is 10.9. The maximum absolute atomic E-state index is 14.7. The minimum Gasteiger partial charge on any atom is -0.394 e. The Labute approximate surface area is 195 Å². The van der Waals surface area contributed by atoms with Crippen molar-refractivity contribution >= 4 is 38.5 Å². The quantitative estimate of drug-likeness (QED) is 0.526. The molecule has 1 saturated heterocycles. The highest BCUT2D eigenvalue weighted by molar-refractivity contribution is 7.22. The number of nitrogens with zero attached hydrogens (tertiary/aromatic N) is 4. The number of aliphatic hydroxyl groups excluding tert-OH is 2. The normalized spacial score (nSPS) is 17.5. The van der Waals surface area contributed by atoms with Gasteiger partial charge in [-0.25, -0.2) is 19.2 Å². The van der Waals surface area contributed by atoms with E-state index in [1.807, 2.05) is 24.8 Å². The fourth-order valence-corrected chi connectivity index (χ4v) is 4.94. The van der Waals surface area contributed by atoms with E-state index in [-0.39, 0.29) is 30.9 Å². The smallest absolute Gasteiger partial charge is 0.324 e. The molecule has 2 unspecified atom stereocenters. The molecule has 2 aromatic heterocycles. The Morgan fingerprint density at radius 3 is 2.76 bits per heavy atom. The first-order chi connectivity index (χ1) is 15.7. The highest BCUT2D eigenvalue weighted by Gasteiger charge is 2.30. The van der Waals surface area contributed by atoms with Crippen LogP contribution in [0.1, 0.15) is 23.6 Å². The Hall–Kier alpha value is -2.82. The van der Waals surface area contributed by atoms with Gasteiger partial charge in [-0.05, 0) is 55.7 Å². The Morgan fingerprint density at radius 1 is 1.30 bits per heavy atom. The molecule has 0 saturated carbocycles. The van der Waals surface area contributed by atoms with Crippen molar-refractivity contribution in [1.82, 2.24) is 14.9 Å². The second-order valence-electron chi connectivity index (χ2n) is 8.53. The van der Waals surface area contributed by atoms with Gasteiger partial charge >= 0.3 is 6.03 Å². The number of pyridine rings is 1. The molecule has 1 fully saturated rings. The lowest BCUT2D eigenvalue weighted by Crippen LogP contribution is -2.55. The molecule has 0 spiro atoms. The zero-order valence-electron chi connectivity index (χ0n) is 18.9. The van der Waals surface area contributed by atoms with Gasteiger partial charge in [-0.1, -0.05) is 11.3 Å². The van der Waals surface area contributed by atoms with E-state index in [1.54, 1.807) is 4.90 Å². The molecule has 2 atom stereocenters. The summed E-state index contributed by atoms with van der Waals surface area (Å²) in [6.07, 6.45) is 0.704. The van der Waals surface area contributed by atoms with E-state index in [2.05, 4.69) is 28.3 Å². The summed E-state index contributed by atoms with van der Waals surface area (Å²) in [5, 5.41) is 22.0. The van der Waals surface area contributed by atoms with Gasteiger partial charge in [0.2, 0.25) is 0 Å². The minimum atomic E-state index is -0.942. The van der Waals surface area contributed by atoms with Crippen molar-refractivity contribution in [3.63, 3.8) is 0 Å². The molecule has 0 aliphatic carbocycles. The van der Waals surface area contributed by atoms with E-state index in [0.29, 0.717) is 30.3 Å². The van der Waals surface area contributed by atoms with Crippen LogP contribution >= 0.6 is 11.3 Å². The second-order valence-corrected chi connectivity index (χ2v) is 9.56. The number of halogens is 1. The number of hydrogen-bond donors (Lipinski definition) is 3. The summed E-state index contributed by atoms with van der Waals surface area (Å²) in [4.78, 5) is 25.2. The van der Waals surface area contributed by atoms with Gasteiger partial charge in [0, 0.05) is 38.3 Å². The van der Waals surface area contributed by atoms with Crippen LogP contribution < -0.4 is 10.2 Å². The maximum Gasteiger partial charge on any atom is 0.324 e. The number of aryl methyl sites for hydroxylation is 2. The van der Waals surface area contributed by atoms with Crippen LogP contribution in [-0.2, 0) is 6.42 Å². The number of aromatic nitrogens is 2. The number of fused-ring (bicyclic) bond motifs is 1. The van der Waals surface area contributed by atoms with Gasteiger partial charge in [0.1, 0.15) is 0 Å². The molecule has 8 nitrogen and oxygen atoms in total. The van der Waals surface area contributed by atoms with Gasteiger partial charge < -0.3 is 20.0 Å². The molecule has 33 heavy (non-hydrogen) atoms. The molecule has 3 heterocycles. The predicted molar refractivity (Wildman–Crippen MR) is 127 cm³/mol. The van der Waals surface area contributed by atoms with Crippen molar-refractivity contribution in [2.45, 2.75) is 39.3 Å². The van der Waals surface area contributed by atoms with Gasteiger partial charge in [-0.3, -0.25) is 5.32 Å². The Kier molecular flexibility index (Phi) is 6.78. The molecule has 1 aliphatic heterocycles. The number of carbonyl (C=O) groups is 1. The van der Waals surface area contributed by atoms with Gasteiger partial charge in [0.05, 0.1) is 22.9 Å². The number of anilines is 2. The fraction of sp³-hybridized carbons (Fsp3) is 0.435. The molecule has 176 valence electrons. The summed E-state index contributed by atoms with van der Waals surface area (Å²) in [6.45, 7) is 6.92. The molecule has 0 bridgehead atoms. The number of aliphatic hydroxyl groups is 2. The van der Waals surface area contributed by atoms with E-state index in [0.717, 1.165) is 15.8 Å². The zero-order chi connectivity index (χ0) is 23.7. The van der Waals surface area contributed by atoms with Crippen molar-refractivity contribution in [3.05, 3.63) is 46.9 Å². The maximum atomic E-state index is 14.7. The molecule has 2 amide bonds. The molecular weight excluding hydrogens is 445 g/mol. The molecule has 1 aromatic carbocycles. The van der Waals surface area contributed by atoms with E-state index >= 15 is 0 Å². The van der Waals surface area contributed by atoms with Crippen LogP contribution in [0.15, 0.2) is 24.4 Å². The lowest BCUT2D eigenvalue weighted by molar-refractivity contribution is 0.0954. The molecule has 3 aromatic rings. The van der Waals surface area contributed by atoms with Crippen LogP contribution in [0, 0.1) is 19.7 Å². The SMILES string of the molecule is Cc1cc2nc(NC(=O)N3CCN(c4ncc(CC(O)CO)cc4F)CC3C)sc2cc1C. The average molecular weight is 474 g/mol. The van der Waals surface area contributed by atoms with Crippen LogP contribution in [0.5, 0.6) is 0 Å². The highest BCUT2D eigenvalue weighted by Crippen LogP contribution is 2.29. The van der Waals surface area contributed by atoms with Crippen LogP contribution in [0.4, 0.5) is 20.1 Å². The lowest BCUT2D eigenvalue weighted by atomic mass is 10.1. The number of rotatable bonds is 5. The summed E-state index contributed by atoms with van der Waals surface area (Å²) in [6, 6.07) is 5.06. The van der Waals surface area contributed by atoms with Crippen molar-refractivity contribution in [2.75, 3.05) is 36.5 Å². The second kappa shape index (κ2) is 9.58. The Morgan fingerprint density at radius 2 is 2.06 bits per heavy atom. The first-order valence-corrected chi connectivity index (χ1v) is 11.7. The molecule has 3 N–H and O–H groups in total. The number of benzene rings is 1. The summed E-state index contributed by atoms with van der Waals surface area (Å²) >= 11 is 1.45. The predicted octanol–water partition coefficient (Wildman–Crippen LogP) is 3.09. The van der Waals surface area contributed by atoms with E-state index in [1.165, 1.54) is 29.2 Å². The molecule has 4 rings (SSSR count). The first kappa shape index (κ1) is 23.3. The van der Waals surface area contributed by atoms with E-state index < -0.39 is 11.9 Å². The Bertz CT molecular complexity index is 1130. The average Bonchev–Trinajstić information content (AvgIpc) is 3.14. The van der Waals surface area contributed by atoms with Crippen molar-refractivity contribution < 1.29 is 19.4 Å². The van der Waals surface area contributed by atoms with Crippen LogP contribution in [-0.4, -0.2) is 69.5 Å². The number of hydrogen-bond acceptors (Lipinski definition) is 7. The standard InChI is InChI=1S/C23H28FN5O3S/c1-13-6-19-20(7-14(13)2)33-22(26-19)27-23(32)29-5-4-28(11-15(29)3)21-18(24)9-16(10-25-21)8-17(31)12-30/h6-7,9-10,15,17,30-31H,4-5,8,11-12H2,1-3H3,(H,26,27,32). The largest absolute Gasteiger partial charge is 0.394 e. The molecular formula is C23H28FN5O3S. The van der Waals surface area contributed by atoms with Gasteiger partial charge in [0.25, 0.3) is 0 Å². The summed E-state index contributed by atoms with van der Waals surface area (Å²) in [7, 11) is 0. The fourth-order valence-electron chi connectivity index (χ4n) is 4.00. The van der Waals surface area contributed by atoms with Crippen molar-refractivity contribution in [2.24, 2.45) is 0 Å². The highest BCUT2D eigenvalue weighted by atomic mass is 32.1. The molecule has 0 radical (unpaired) electrons. The topological polar surface area (TPSA) is 102 Å². The zero-order valence-corrected chi connectivity index (χ0v) is 19.7. The third kappa shape index (κ3) is 5.07. The van der Waals surface area contributed by atoms with Crippen LogP contribution in [0.25, 0.3) is 10.2 Å². The summed E-state index contributed by atoms with van der Waals surface area (Å²) in [5.41, 5.74) is 3.74. The van der Waals surface area contributed by atoms with E-state index in [9.17, 15) is 14.3 Å². The minimum absolute atomic E-state index is 0.135. The van der Waals surface area contributed by atoms with Gasteiger partial charge in [0.15, 0.2) is 16.8 Å². The molecule has 1 aliphatic rings. The molecule has 10 heteroatoms. The monoisotopic (exact) mass is 473 g/mol. The summed E-state index contributed by atoms with van der Waals surface area (Å²) < 4.78 is 15.7. The number of amides is 2. The third-order valence-electron chi connectivity index (χ3n) is 5.97. The number of carbonyl (C=O) groups excluding carboxylic acids is 1. The number of piperazine rings is 1. The van der Waals surface area contributed by atoms with Crippen LogP contribution in [0.3, 0.4) is 0 Å². The van der Waals surface area contributed by atoms with Crippen LogP contribution in [0.2, 0.25) is 0 Å². The number of urea groups is 1. The van der Waals surface area contributed by atoms with Crippen molar-refractivity contribution in [1.29, 1.82) is 0 Å². The summed E-state index contributed by atoms with van der Waals surface area (Å²) in [5.74, 6) is -0.260. The number of nitrogens with one attached hydrogen (secondary N) is 1. The van der Waals surface area contributed by atoms with Gasteiger partial charge in [-0.15, -0.1) is 0 Å². The van der Waals surface area contributed by atoms with Gasteiger partial charge in [-0.2, -0.15) is 0 Å². The lowest BCUT2D eigenvalue weighted by Gasteiger charge is -2.40. The third-order valence-corrected chi connectivity index (χ3v) is 6.90. The Balaban J connectivity index is 1.40.